The SMILES string of the molecule is c1ccc(C2(c3ccccc3)c3ccccc3-c3cc(-c4cccc5c4c4ccccc4n5-c4cccc5c6ccccc6n(-c6ccc([Si](c7ccccc7)(c7ccccc7)c7ccccc7)cc6)c45)ccc32)cc1. The van der Waals surface area contributed by atoms with Crippen molar-refractivity contribution in [1.82, 2.24) is 9.13 Å². The maximum absolute atomic E-state index is 2.74. The van der Waals surface area contributed by atoms with Crippen LogP contribution in [0.3, 0.4) is 0 Å². The Hall–Kier alpha value is -9.54. The van der Waals surface area contributed by atoms with Gasteiger partial charge in [-0.25, -0.2) is 0 Å². The molecule has 1 aliphatic rings. The molecular weight excluding hydrogens is 933 g/mol. The predicted octanol–water partition coefficient (Wildman–Crippen LogP) is 15.3. The van der Waals surface area contributed by atoms with Crippen LogP contribution in [-0.2, 0) is 5.41 Å². The highest BCUT2D eigenvalue weighted by atomic mass is 28.3. The molecular formula is C73H50N2Si. The van der Waals surface area contributed by atoms with Crippen molar-refractivity contribution in [3.63, 3.8) is 0 Å². The molecule has 0 saturated carbocycles. The molecule has 1 aliphatic carbocycles. The highest BCUT2D eigenvalue weighted by molar-refractivity contribution is 7.19. The van der Waals surface area contributed by atoms with Crippen molar-refractivity contribution in [2.75, 3.05) is 0 Å². The van der Waals surface area contributed by atoms with Crippen molar-refractivity contribution in [1.29, 1.82) is 0 Å². The Kier molecular flexibility index (Phi) is 10.2. The summed E-state index contributed by atoms with van der Waals surface area (Å²) in [5, 5.41) is 10.4. The summed E-state index contributed by atoms with van der Waals surface area (Å²) in [7, 11) is -2.74. The molecule has 0 atom stereocenters. The number of nitrogens with zero attached hydrogens (tertiary/aromatic N) is 2. The molecule has 12 aromatic carbocycles. The third-order valence-electron chi connectivity index (χ3n) is 16.6. The minimum Gasteiger partial charge on any atom is -0.307 e. The van der Waals surface area contributed by atoms with Gasteiger partial charge in [-0.05, 0) is 108 Å². The van der Waals surface area contributed by atoms with Crippen molar-refractivity contribution in [3.05, 3.63) is 326 Å². The van der Waals surface area contributed by atoms with E-state index in [9.17, 15) is 0 Å². The monoisotopic (exact) mass is 982 g/mol. The lowest BCUT2D eigenvalue weighted by Gasteiger charge is -2.34. The molecule has 356 valence electrons. The van der Waals surface area contributed by atoms with Crippen molar-refractivity contribution < 1.29 is 0 Å². The number of benzene rings is 12. The molecule has 2 aromatic heterocycles. The second-order valence-electron chi connectivity index (χ2n) is 20.3. The van der Waals surface area contributed by atoms with Gasteiger partial charge in [-0.3, -0.25) is 0 Å². The lowest BCUT2D eigenvalue weighted by molar-refractivity contribution is 0.768. The molecule has 0 radical (unpaired) electrons. The Morgan fingerprint density at radius 3 is 1.38 bits per heavy atom. The van der Waals surface area contributed by atoms with Gasteiger partial charge >= 0.3 is 0 Å². The second-order valence-corrected chi connectivity index (χ2v) is 24.1. The van der Waals surface area contributed by atoms with Gasteiger partial charge in [0.2, 0.25) is 0 Å². The van der Waals surface area contributed by atoms with Gasteiger partial charge in [-0.2, -0.15) is 0 Å². The Balaban J connectivity index is 0.940. The van der Waals surface area contributed by atoms with Gasteiger partial charge < -0.3 is 9.13 Å². The van der Waals surface area contributed by atoms with Crippen LogP contribution in [0.25, 0.3) is 77.2 Å². The standard InChI is InChI=1S/C73H50N2Si/c1-6-24-52(25-7-1)73(53-26-8-2-9-27-53)65-39-19-16-34-60(65)64-50-51(44-49-66(64)73)59-37-22-42-69-71(59)63-36-18-21-41-68(63)75(69)70-43-23-38-62-61-35-17-20-40-67(61)74(72(62)70)54-45-47-58(48-46-54)76(55-28-10-3-11-29-55,56-30-12-4-13-31-56)57-32-14-5-15-33-57/h1-50H. The third-order valence-corrected chi connectivity index (χ3v) is 21.4. The van der Waals surface area contributed by atoms with Gasteiger partial charge in [0, 0.05) is 27.2 Å². The van der Waals surface area contributed by atoms with Crippen molar-refractivity contribution in [3.8, 4) is 33.6 Å². The highest BCUT2D eigenvalue weighted by Crippen LogP contribution is 2.57. The Labute approximate surface area is 443 Å². The van der Waals surface area contributed by atoms with Crippen LogP contribution in [0, 0.1) is 0 Å². The molecule has 3 heteroatoms. The molecule has 0 bridgehead atoms. The van der Waals surface area contributed by atoms with E-state index in [0.717, 1.165) is 11.4 Å². The van der Waals surface area contributed by atoms with E-state index >= 15 is 0 Å². The summed E-state index contributed by atoms with van der Waals surface area (Å²) < 4.78 is 5.03. The number of hydrogen-bond donors (Lipinski definition) is 0. The minimum atomic E-state index is -2.74. The third kappa shape index (κ3) is 6.33. The molecule has 0 unspecified atom stereocenters. The quantitative estimate of drug-likeness (QED) is 0.101. The van der Waals surface area contributed by atoms with Gasteiger partial charge in [0.25, 0.3) is 0 Å². The molecule has 0 fully saturated rings. The van der Waals surface area contributed by atoms with Crippen LogP contribution in [0.4, 0.5) is 0 Å². The summed E-state index contributed by atoms with van der Waals surface area (Å²) in [6, 6.07) is 113. The molecule has 2 heterocycles. The maximum atomic E-state index is 2.52. The molecule has 14 aromatic rings. The molecule has 0 aliphatic heterocycles. The molecule has 0 spiro atoms. The van der Waals surface area contributed by atoms with Crippen LogP contribution in [-0.4, -0.2) is 17.2 Å². The number of fused-ring (bicyclic) bond motifs is 9. The molecule has 0 saturated heterocycles. The van der Waals surface area contributed by atoms with E-state index in [1.54, 1.807) is 0 Å². The first kappa shape index (κ1) is 44.0. The maximum Gasteiger partial charge on any atom is 0.179 e. The predicted molar refractivity (Wildman–Crippen MR) is 321 cm³/mol. The fourth-order valence-corrected chi connectivity index (χ4v) is 18.3. The Morgan fingerprint density at radius 2 is 0.750 bits per heavy atom. The Morgan fingerprint density at radius 1 is 0.289 bits per heavy atom. The zero-order valence-corrected chi connectivity index (χ0v) is 42.8. The zero-order valence-electron chi connectivity index (χ0n) is 41.8. The first-order chi connectivity index (χ1) is 37.7. The van der Waals surface area contributed by atoms with Gasteiger partial charge in [-0.15, -0.1) is 0 Å². The summed E-state index contributed by atoms with van der Waals surface area (Å²) in [6.07, 6.45) is 0. The lowest BCUT2D eigenvalue weighted by Crippen LogP contribution is -2.74. The summed E-state index contributed by atoms with van der Waals surface area (Å²) in [5.74, 6) is 0. The molecule has 15 rings (SSSR count). The van der Waals surface area contributed by atoms with Crippen LogP contribution < -0.4 is 20.7 Å². The number of rotatable bonds is 9. The smallest absolute Gasteiger partial charge is 0.179 e. The van der Waals surface area contributed by atoms with E-state index < -0.39 is 13.5 Å². The topological polar surface area (TPSA) is 9.86 Å². The fraction of sp³-hybridized carbons (Fsp3) is 0.0137. The normalized spacial score (nSPS) is 12.8. The molecule has 2 nitrogen and oxygen atoms in total. The molecule has 0 N–H and O–H groups in total. The van der Waals surface area contributed by atoms with E-state index in [0.29, 0.717) is 0 Å². The van der Waals surface area contributed by atoms with Crippen molar-refractivity contribution in [2.45, 2.75) is 5.41 Å². The van der Waals surface area contributed by atoms with Crippen LogP contribution in [0.15, 0.2) is 303 Å². The van der Waals surface area contributed by atoms with Crippen LogP contribution >= 0.6 is 0 Å². The van der Waals surface area contributed by atoms with Crippen molar-refractivity contribution in [2.24, 2.45) is 0 Å². The van der Waals surface area contributed by atoms with Gasteiger partial charge in [0.1, 0.15) is 0 Å². The number of para-hydroxylation sites is 3. The minimum absolute atomic E-state index is 0.455. The second kappa shape index (κ2) is 17.6. The highest BCUT2D eigenvalue weighted by Gasteiger charge is 2.46. The summed E-state index contributed by atoms with van der Waals surface area (Å²) in [5.41, 5.74) is 16.7. The average molecular weight is 983 g/mol. The van der Waals surface area contributed by atoms with E-state index in [4.69, 9.17) is 0 Å². The summed E-state index contributed by atoms with van der Waals surface area (Å²) in [4.78, 5) is 0. The number of aromatic nitrogens is 2. The lowest BCUT2D eigenvalue weighted by atomic mass is 9.67. The number of hydrogen-bond acceptors (Lipinski definition) is 0. The van der Waals surface area contributed by atoms with Gasteiger partial charge in [0.15, 0.2) is 8.07 Å². The van der Waals surface area contributed by atoms with Gasteiger partial charge in [-0.1, -0.05) is 261 Å². The van der Waals surface area contributed by atoms with E-state index in [1.165, 1.54) is 109 Å². The fourth-order valence-electron chi connectivity index (χ4n) is 13.5. The first-order valence-electron chi connectivity index (χ1n) is 26.4. The van der Waals surface area contributed by atoms with Gasteiger partial charge in [0.05, 0.1) is 33.2 Å². The average Bonchev–Trinajstić information content (AvgIpc) is 4.26. The van der Waals surface area contributed by atoms with Crippen LogP contribution in [0.5, 0.6) is 0 Å². The molecule has 76 heavy (non-hydrogen) atoms. The summed E-state index contributed by atoms with van der Waals surface area (Å²) in [6.45, 7) is 0. The molecule has 0 amide bonds. The Bertz CT molecular complexity index is 4350. The van der Waals surface area contributed by atoms with E-state index in [-0.39, 0.29) is 0 Å². The summed E-state index contributed by atoms with van der Waals surface area (Å²) >= 11 is 0. The van der Waals surface area contributed by atoms with Crippen LogP contribution in [0.1, 0.15) is 22.3 Å². The van der Waals surface area contributed by atoms with E-state index in [1.807, 2.05) is 0 Å². The van der Waals surface area contributed by atoms with E-state index in [2.05, 4.69) is 312 Å². The van der Waals surface area contributed by atoms with Crippen molar-refractivity contribution >= 4 is 72.4 Å². The largest absolute Gasteiger partial charge is 0.307 e. The first-order valence-corrected chi connectivity index (χ1v) is 28.4. The van der Waals surface area contributed by atoms with Crippen LogP contribution in [0.2, 0.25) is 0 Å². The zero-order chi connectivity index (χ0) is 50.2.